The number of halogens is 1. The maximum atomic E-state index is 11.6. The van der Waals surface area contributed by atoms with Crippen molar-refractivity contribution in [3.8, 4) is 0 Å². The number of amides is 1. The molecule has 6 heteroatoms. The summed E-state index contributed by atoms with van der Waals surface area (Å²) in [5, 5.41) is 2.65. The van der Waals surface area contributed by atoms with Gasteiger partial charge < -0.3 is 16.0 Å². The molecule has 4 N–H and O–H groups in total. The van der Waals surface area contributed by atoms with Crippen LogP contribution in [0, 0.1) is 0 Å². The number of aromatic nitrogens is 2. The SMILES string of the molecule is NCCNC(=O)c1nc2ccc(Br)cc2[nH]1. The van der Waals surface area contributed by atoms with Crippen molar-refractivity contribution in [3.63, 3.8) is 0 Å². The van der Waals surface area contributed by atoms with Crippen LogP contribution in [0.4, 0.5) is 0 Å². The number of carbonyl (C=O) groups excluding carboxylic acids is 1. The third-order valence-corrected chi connectivity index (χ3v) is 2.58. The maximum absolute atomic E-state index is 11.6. The molecule has 1 aromatic heterocycles. The summed E-state index contributed by atoms with van der Waals surface area (Å²) in [5.41, 5.74) is 6.89. The summed E-state index contributed by atoms with van der Waals surface area (Å²) in [7, 11) is 0. The zero-order valence-corrected chi connectivity index (χ0v) is 10.0. The molecule has 0 radical (unpaired) electrons. The maximum Gasteiger partial charge on any atom is 0.287 e. The molecule has 0 bridgehead atoms. The second kappa shape index (κ2) is 4.63. The number of aromatic amines is 1. The standard InChI is InChI=1S/C10H11BrN4O/c11-6-1-2-7-8(5-6)15-9(14-7)10(16)13-4-3-12/h1-2,5H,3-4,12H2,(H,13,16)(H,14,15). The lowest BCUT2D eigenvalue weighted by Crippen LogP contribution is -2.29. The molecule has 16 heavy (non-hydrogen) atoms. The van der Waals surface area contributed by atoms with Crippen LogP contribution >= 0.6 is 15.9 Å². The zero-order valence-electron chi connectivity index (χ0n) is 8.46. The smallest absolute Gasteiger partial charge is 0.287 e. The van der Waals surface area contributed by atoms with E-state index in [0.29, 0.717) is 18.9 Å². The minimum absolute atomic E-state index is 0.238. The van der Waals surface area contributed by atoms with Gasteiger partial charge in [0.05, 0.1) is 11.0 Å². The van der Waals surface area contributed by atoms with Crippen LogP contribution in [0.5, 0.6) is 0 Å². The van der Waals surface area contributed by atoms with Gasteiger partial charge in [0.15, 0.2) is 5.82 Å². The molecule has 0 fully saturated rings. The summed E-state index contributed by atoms with van der Waals surface area (Å²) in [5.74, 6) is 0.0688. The number of hydrogen-bond acceptors (Lipinski definition) is 3. The van der Waals surface area contributed by atoms with Crippen molar-refractivity contribution in [2.45, 2.75) is 0 Å². The first-order valence-electron chi connectivity index (χ1n) is 4.84. The monoisotopic (exact) mass is 282 g/mol. The molecule has 1 amide bonds. The van der Waals surface area contributed by atoms with Crippen LogP contribution in [0.1, 0.15) is 10.6 Å². The predicted molar refractivity (Wildman–Crippen MR) is 65.2 cm³/mol. The highest BCUT2D eigenvalue weighted by Crippen LogP contribution is 2.17. The van der Waals surface area contributed by atoms with E-state index >= 15 is 0 Å². The number of carbonyl (C=O) groups is 1. The molecule has 2 aromatic rings. The molecule has 0 aliphatic heterocycles. The molecule has 0 saturated heterocycles. The van der Waals surface area contributed by atoms with Crippen LogP contribution in [0.15, 0.2) is 22.7 Å². The summed E-state index contributed by atoms with van der Waals surface area (Å²) >= 11 is 3.36. The number of hydrogen-bond donors (Lipinski definition) is 3. The predicted octanol–water partition coefficient (Wildman–Crippen LogP) is 1.01. The molecule has 84 valence electrons. The van der Waals surface area contributed by atoms with Crippen molar-refractivity contribution in [1.29, 1.82) is 0 Å². The fourth-order valence-electron chi connectivity index (χ4n) is 1.36. The minimum atomic E-state index is -0.238. The third kappa shape index (κ3) is 2.23. The Morgan fingerprint density at radius 2 is 2.38 bits per heavy atom. The summed E-state index contributed by atoms with van der Waals surface area (Å²) in [4.78, 5) is 18.7. The average Bonchev–Trinajstić information content (AvgIpc) is 2.68. The van der Waals surface area contributed by atoms with Gasteiger partial charge in [-0.2, -0.15) is 0 Å². The van der Waals surface area contributed by atoms with Crippen molar-refractivity contribution in [2.75, 3.05) is 13.1 Å². The Hall–Kier alpha value is -1.40. The largest absolute Gasteiger partial charge is 0.348 e. The fourth-order valence-corrected chi connectivity index (χ4v) is 1.72. The highest BCUT2D eigenvalue weighted by atomic mass is 79.9. The van der Waals surface area contributed by atoms with Crippen molar-refractivity contribution in [1.82, 2.24) is 15.3 Å². The lowest BCUT2D eigenvalue weighted by atomic mass is 10.3. The number of nitrogens with zero attached hydrogens (tertiary/aromatic N) is 1. The Morgan fingerprint density at radius 1 is 1.56 bits per heavy atom. The molecule has 1 aromatic carbocycles. The van der Waals surface area contributed by atoms with Gasteiger partial charge in [0.2, 0.25) is 0 Å². The Labute approximate surface area is 101 Å². The molecule has 0 atom stereocenters. The molecule has 2 rings (SSSR count). The van der Waals surface area contributed by atoms with Gasteiger partial charge in [0.25, 0.3) is 5.91 Å². The topological polar surface area (TPSA) is 83.8 Å². The van der Waals surface area contributed by atoms with Crippen molar-refractivity contribution in [3.05, 3.63) is 28.5 Å². The Bertz CT molecular complexity index is 523. The Kier molecular flexibility index (Phi) is 3.21. The summed E-state index contributed by atoms with van der Waals surface area (Å²) in [6.07, 6.45) is 0. The highest BCUT2D eigenvalue weighted by Gasteiger charge is 2.10. The van der Waals surface area contributed by atoms with Crippen LogP contribution in [0.2, 0.25) is 0 Å². The van der Waals surface area contributed by atoms with Crippen molar-refractivity contribution >= 4 is 32.9 Å². The number of rotatable bonds is 3. The average molecular weight is 283 g/mol. The van der Waals surface area contributed by atoms with Gasteiger partial charge in [0.1, 0.15) is 0 Å². The summed E-state index contributed by atoms with van der Waals surface area (Å²) < 4.78 is 0.942. The lowest BCUT2D eigenvalue weighted by molar-refractivity contribution is 0.0945. The quantitative estimate of drug-likeness (QED) is 0.786. The third-order valence-electron chi connectivity index (χ3n) is 2.09. The van der Waals surface area contributed by atoms with Crippen LogP contribution in [-0.4, -0.2) is 29.0 Å². The van der Waals surface area contributed by atoms with E-state index in [-0.39, 0.29) is 5.91 Å². The number of nitrogens with two attached hydrogens (primary N) is 1. The van der Waals surface area contributed by atoms with E-state index in [9.17, 15) is 4.79 Å². The minimum Gasteiger partial charge on any atom is -0.348 e. The second-order valence-electron chi connectivity index (χ2n) is 3.29. The van der Waals surface area contributed by atoms with Gasteiger partial charge in [-0.05, 0) is 18.2 Å². The van der Waals surface area contributed by atoms with E-state index in [1.807, 2.05) is 18.2 Å². The van der Waals surface area contributed by atoms with Gasteiger partial charge in [-0.3, -0.25) is 4.79 Å². The van der Waals surface area contributed by atoms with E-state index < -0.39 is 0 Å². The van der Waals surface area contributed by atoms with Gasteiger partial charge in [0, 0.05) is 17.6 Å². The van der Waals surface area contributed by atoms with Crippen LogP contribution in [0.3, 0.4) is 0 Å². The molecule has 5 nitrogen and oxygen atoms in total. The first-order valence-corrected chi connectivity index (χ1v) is 5.63. The van der Waals surface area contributed by atoms with E-state index in [4.69, 9.17) is 5.73 Å². The van der Waals surface area contributed by atoms with E-state index in [1.165, 1.54) is 0 Å². The van der Waals surface area contributed by atoms with E-state index in [2.05, 4.69) is 31.2 Å². The number of benzene rings is 1. The first kappa shape index (κ1) is 11.1. The number of nitrogens with one attached hydrogen (secondary N) is 2. The van der Waals surface area contributed by atoms with Gasteiger partial charge in [-0.1, -0.05) is 15.9 Å². The Morgan fingerprint density at radius 3 is 3.12 bits per heavy atom. The summed E-state index contributed by atoms with van der Waals surface area (Å²) in [6.45, 7) is 0.858. The molecule has 0 spiro atoms. The molecule has 1 heterocycles. The molecular weight excluding hydrogens is 272 g/mol. The molecule has 0 aliphatic rings. The van der Waals surface area contributed by atoms with Crippen molar-refractivity contribution < 1.29 is 4.79 Å². The van der Waals surface area contributed by atoms with Gasteiger partial charge in [-0.15, -0.1) is 0 Å². The van der Waals surface area contributed by atoms with Crippen molar-refractivity contribution in [2.24, 2.45) is 5.73 Å². The fraction of sp³-hybridized carbons (Fsp3) is 0.200. The molecule has 0 saturated carbocycles. The second-order valence-corrected chi connectivity index (χ2v) is 4.21. The van der Waals surface area contributed by atoms with E-state index in [0.717, 1.165) is 15.5 Å². The number of H-pyrrole nitrogens is 1. The van der Waals surface area contributed by atoms with Crippen LogP contribution < -0.4 is 11.1 Å². The first-order chi connectivity index (χ1) is 7.70. The Balaban J connectivity index is 2.28. The van der Waals surface area contributed by atoms with Gasteiger partial charge in [-0.25, -0.2) is 4.98 Å². The van der Waals surface area contributed by atoms with Crippen LogP contribution in [-0.2, 0) is 0 Å². The molecule has 0 unspecified atom stereocenters. The summed E-state index contributed by atoms with van der Waals surface area (Å²) in [6, 6.07) is 5.60. The highest BCUT2D eigenvalue weighted by molar-refractivity contribution is 9.10. The van der Waals surface area contributed by atoms with E-state index in [1.54, 1.807) is 0 Å². The number of imidazole rings is 1. The normalized spacial score (nSPS) is 10.6. The van der Waals surface area contributed by atoms with Crippen LogP contribution in [0.25, 0.3) is 11.0 Å². The lowest BCUT2D eigenvalue weighted by Gasteiger charge is -1.98. The zero-order chi connectivity index (χ0) is 11.5. The molecule has 0 aliphatic carbocycles. The van der Waals surface area contributed by atoms with Gasteiger partial charge >= 0.3 is 0 Å². The number of fused-ring (bicyclic) bond motifs is 1. The molecular formula is C10H11BrN4O.